The second-order valence-corrected chi connectivity index (χ2v) is 18.0. The first-order valence-corrected chi connectivity index (χ1v) is 19.6. The van der Waals surface area contributed by atoms with Crippen LogP contribution in [0.4, 0.5) is 17.8 Å². The summed E-state index contributed by atoms with van der Waals surface area (Å²) in [4.78, 5) is 13.5. The van der Waals surface area contributed by atoms with Crippen molar-refractivity contribution < 1.29 is 26.6 Å². The van der Waals surface area contributed by atoms with E-state index in [-0.39, 0.29) is 36.6 Å². The summed E-state index contributed by atoms with van der Waals surface area (Å²) in [6.45, 7) is 26.2. The van der Waals surface area contributed by atoms with Crippen LogP contribution in [0.2, 0.25) is 5.16 Å². The molecule has 1 aromatic rings. The third-order valence-electron chi connectivity index (χ3n) is 5.46. The summed E-state index contributed by atoms with van der Waals surface area (Å²) in [5.74, 6) is 1.19. The van der Waals surface area contributed by atoms with Gasteiger partial charge in [-0.1, -0.05) is 0 Å². The average molecular weight is 663 g/mol. The van der Waals surface area contributed by atoms with E-state index >= 15 is 0 Å². The molecular formula is C28H62N8O6Si2. The fraction of sp³-hybridized carbons (Fsp3) is 0.893. The first-order chi connectivity index (χ1) is 20.6. The van der Waals surface area contributed by atoms with Gasteiger partial charge in [-0.25, -0.2) is 0 Å². The van der Waals surface area contributed by atoms with Crippen LogP contribution in [-0.2, 0) is 26.6 Å². The smallest absolute Gasteiger partial charge is 0.371 e. The van der Waals surface area contributed by atoms with Crippen molar-refractivity contribution in [3.8, 4) is 0 Å². The molecule has 44 heavy (non-hydrogen) atoms. The molecular weight excluding hydrogens is 601 g/mol. The summed E-state index contributed by atoms with van der Waals surface area (Å²) >= 11 is 0. The second-order valence-electron chi connectivity index (χ2n) is 12.2. The van der Waals surface area contributed by atoms with Crippen molar-refractivity contribution in [3.63, 3.8) is 0 Å². The monoisotopic (exact) mass is 662 g/mol. The molecule has 1 rings (SSSR count). The fourth-order valence-corrected chi connectivity index (χ4v) is 13.7. The Morgan fingerprint density at radius 2 is 0.727 bits per heavy atom. The Kier molecular flexibility index (Phi) is 18.3. The van der Waals surface area contributed by atoms with Gasteiger partial charge in [0.2, 0.25) is 17.8 Å². The van der Waals surface area contributed by atoms with E-state index in [0.29, 0.717) is 57.0 Å². The van der Waals surface area contributed by atoms with Crippen molar-refractivity contribution in [2.75, 3.05) is 48.7 Å². The Morgan fingerprint density at radius 3 is 0.955 bits per heavy atom. The number of nitrogens with one attached hydrogen (secondary N) is 3. The zero-order valence-corrected chi connectivity index (χ0v) is 31.2. The second kappa shape index (κ2) is 19.9. The predicted molar refractivity (Wildman–Crippen MR) is 181 cm³/mol. The van der Waals surface area contributed by atoms with Gasteiger partial charge in [0.25, 0.3) is 0 Å². The number of hydrogen-bond donors (Lipinski definition) is 5. The van der Waals surface area contributed by atoms with Crippen molar-refractivity contribution in [3.05, 3.63) is 0 Å². The van der Waals surface area contributed by atoms with Gasteiger partial charge < -0.3 is 54.0 Å². The highest BCUT2D eigenvalue weighted by molar-refractivity contribution is 6.82. The lowest BCUT2D eigenvalue weighted by Gasteiger charge is -2.46. The van der Waals surface area contributed by atoms with E-state index in [2.05, 4.69) is 30.9 Å². The molecule has 1 heterocycles. The molecule has 0 aliphatic carbocycles. The number of aromatic nitrogens is 3. The Labute approximate surface area is 268 Å². The van der Waals surface area contributed by atoms with Crippen LogP contribution in [0.15, 0.2) is 0 Å². The highest BCUT2D eigenvalue weighted by Crippen LogP contribution is 2.43. The van der Waals surface area contributed by atoms with Gasteiger partial charge in [-0.2, -0.15) is 15.0 Å². The number of rotatable bonds is 24. The summed E-state index contributed by atoms with van der Waals surface area (Å²) in [7, 11) is -7.21. The maximum Gasteiger partial charge on any atom is 0.509 e. The maximum absolute atomic E-state index is 6.78. The Morgan fingerprint density at radius 1 is 0.477 bits per heavy atom. The molecule has 0 amide bonds. The van der Waals surface area contributed by atoms with Crippen molar-refractivity contribution >= 4 is 35.5 Å². The lowest BCUT2D eigenvalue weighted by atomic mass is 10.5. The van der Waals surface area contributed by atoms with Gasteiger partial charge in [0.1, 0.15) is 5.16 Å². The van der Waals surface area contributed by atoms with E-state index in [4.69, 9.17) is 38.0 Å². The highest BCUT2D eigenvalue weighted by atomic mass is 28.5. The third-order valence-corrected chi connectivity index (χ3v) is 14.7. The van der Waals surface area contributed by atoms with E-state index in [0.717, 1.165) is 0 Å². The lowest BCUT2D eigenvalue weighted by molar-refractivity contribution is -0.0302. The van der Waals surface area contributed by atoms with E-state index < -0.39 is 22.8 Å². The Bertz CT molecular complexity index is 813. The van der Waals surface area contributed by atoms with Gasteiger partial charge in [-0.15, -0.1) is 0 Å². The topological polar surface area (TPSA) is 182 Å². The molecule has 0 aromatic carbocycles. The molecule has 0 atom stereocenters. The summed E-state index contributed by atoms with van der Waals surface area (Å²) in [5, 5.41) is 9.15. The van der Waals surface area contributed by atoms with Crippen molar-refractivity contribution in [2.45, 2.75) is 131 Å². The third kappa shape index (κ3) is 14.3. The van der Waals surface area contributed by atoms with Crippen molar-refractivity contribution in [1.29, 1.82) is 0 Å². The lowest BCUT2D eigenvalue weighted by Crippen LogP contribution is -2.67. The van der Waals surface area contributed by atoms with Crippen LogP contribution >= 0.6 is 0 Å². The Hall–Kier alpha value is -1.48. The van der Waals surface area contributed by atoms with Gasteiger partial charge in [-0.05, 0) is 89.5 Å². The normalized spacial score (nSPS) is 13.0. The number of hydrogen-bond acceptors (Lipinski definition) is 14. The van der Waals surface area contributed by atoms with Crippen LogP contribution in [0.5, 0.6) is 0 Å². The number of anilines is 3. The molecule has 0 radical (unpaired) electrons. The molecule has 0 unspecified atom stereocenters. The molecule has 7 N–H and O–H groups in total. The molecule has 0 fully saturated rings. The molecule has 14 nitrogen and oxygen atoms in total. The van der Waals surface area contributed by atoms with Crippen LogP contribution in [-0.4, -0.2) is 102 Å². The molecule has 1 aromatic heterocycles. The van der Waals surface area contributed by atoms with Gasteiger partial charge in [-0.3, -0.25) is 0 Å². The number of nitrogens with zero attached hydrogens (tertiary/aromatic N) is 3. The van der Waals surface area contributed by atoms with E-state index in [9.17, 15) is 0 Å². The zero-order chi connectivity index (χ0) is 33.5. The molecule has 0 saturated heterocycles. The van der Waals surface area contributed by atoms with Crippen LogP contribution in [0.1, 0.15) is 89.5 Å². The summed E-state index contributed by atoms with van der Waals surface area (Å²) in [5.41, 5.74) is 11.4. The Balaban J connectivity index is 3.76. The zero-order valence-electron chi connectivity index (χ0n) is 29.2. The van der Waals surface area contributed by atoms with E-state index in [1.165, 1.54) is 0 Å². The first kappa shape index (κ1) is 40.5. The fourth-order valence-electron chi connectivity index (χ4n) is 4.51. The van der Waals surface area contributed by atoms with E-state index in [1.54, 1.807) is 0 Å². The average Bonchev–Trinajstić information content (AvgIpc) is 2.85. The summed E-state index contributed by atoms with van der Waals surface area (Å²) in [6, 6.07) is 0. The highest BCUT2D eigenvalue weighted by Gasteiger charge is 2.67. The van der Waals surface area contributed by atoms with Gasteiger partial charge in [0.05, 0.1) is 0 Å². The summed E-state index contributed by atoms with van der Waals surface area (Å²) in [6.07, 6.45) is -0.643. The molecule has 0 spiro atoms. The van der Waals surface area contributed by atoms with Gasteiger partial charge in [0, 0.05) is 69.3 Å². The molecule has 0 saturated carbocycles. The van der Waals surface area contributed by atoms with Crippen LogP contribution in [0, 0.1) is 0 Å². The minimum absolute atomic E-state index is 0.186. The van der Waals surface area contributed by atoms with E-state index in [1.807, 2.05) is 83.1 Å². The maximum atomic E-state index is 6.78. The quantitative estimate of drug-likeness (QED) is 0.101. The van der Waals surface area contributed by atoms with Gasteiger partial charge in [0.15, 0.2) is 0 Å². The first-order valence-electron chi connectivity index (χ1n) is 16.0. The minimum atomic E-state index is -3.60. The van der Waals surface area contributed by atoms with Crippen LogP contribution in [0.3, 0.4) is 0 Å². The summed E-state index contributed by atoms with van der Waals surface area (Å²) < 4.78 is 40.7. The van der Waals surface area contributed by atoms with Crippen molar-refractivity contribution in [2.24, 2.45) is 11.5 Å². The van der Waals surface area contributed by atoms with Crippen LogP contribution < -0.4 is 27.4 Å². The predicted octanol–water partition coefficient (Wildman–Crippen LogP) is 3.75. The standard InChI is InChI=1S/C28H62N8O6Si2/c1-19(2)37-43(38-20(3)4,39-21(5)6)25(44(40-22(7)8,41-23(9)10)42-24(11)12)13-16-31-26-34-27(32-17-14-29)36-28(35-26)33-18-15-30/h19-25H,13-18,29-30H2,1-12H3,(H3,31,32,33,34,35,36). The SMILES string of the molecule is CC(C)O[Si](OC(C)C)(OC(C)C)C(CCNc1nc(NCCN)nc(NCCN)n1)[Si](OC(C)C)(OC(C)C)OC(C)C. The van der Waals surface area contributed by atoms with Crippen molar-refractivity contribution in [1.82, 2.24) is 15.0 Å². The molecule has 0 bridgehead atoms. The largest absolute Gasteiger partial charge is 0.509 e. The molecule has 0 aliphatic heterocycles. The molecule has 0 aliphatic rings. The van der Waals surface area contributed by atoms with Crippen LogP contribution in [0.25, 0.3) is 0 Å². The number of nitrogens with two attached hydrogens (primary N) is 2. The van der Waals surface area contributed by atoms with Gasteiger partial charge >= 0.3 is 17.6 Å². The molecule has 258 valence electrons. The molecule has 16 heteroatoms. The minimum Gasteiger partial charge on any atom is -0.371 e.